The van der Waals surface area contributed by atoms with E-state index in [1.54, 1.807) is 6.07 Å². The first-order chi connectivity index (χ1) is 9.20. The van der Waals surface area contributed by atoms with Gasteiger partial charge in [-0.2, -0.15) is 0 Å². The summed E-state index contributed by atoms with van der Waals surface area (Å²) in [6, 6.07) is 10.4. The smallest absolute Gasteiger partial charge is 0.433 e. The predicted octanol–water partition coefficient (Wildman–Crippen LogP) is 3.20. The van der Waals surface area contributed by atoms with Gasteiger partial charge in [-0.05, 0) is 25.1 Å². The van der Waals surface area contributed by atoms with Crippen LogP contribution in [0.4, 0.5) is 11.6 Å². The van der Waals surface area contributed by atoms with Crippen LogP contribution in [0.1, 0.15) is 12.7 Å². The number of furan rings is 1. The molecule has 0 saturated carbocycles. The average molecular weight is 262 g/mol. The number of nitro groups is 1. The standard InChI is InChI=1S/C13H14N2O4/c1-2-18-12-6-4-3-5-11(12)14-9-10-7-8-13(19-10)15(16)17/h3-8,14H,2,9H2,1H3. The molecule has 2 aromatic rings. The predicted molar refractivity (Wildman–Crippen MR) is 70.3 cm³/mol. The second-order valence-electron chi connectivity index (χ2n) is 3.78. The van der Waals surface area contributed by atoms with Crippen molar-refractivity contribution in [2.75, 3.05) is 11.9 Å². The van der Waals surface area contributed by atoms with Crippen molar-refractivity contribution < 1.29 is 14.1 Å². The van der Waals surface area contributed by atoms with Gasteiger partial charge in [0, 0.05) is 0 Å². The molecule has 1 N–H and O–H groups in total. The number of nitrogens with zero attached hydrogens (tertiary/aromatic N) is 1. The van der Waals surface area contributed by atoms with Crippen molar-refractivity contribution in [1.82, 2.24) is 0 Å². The van der Waals surface area contributed by atoms with E-state index < -0.39 is 4.92 Å². The lowest BCUT2D eigenvalue weighted by Gasteiger charge is -2.10. The number of nitrogens with one attached hydrogen (secondary N) is 1. The van der Waals surface area contributed by atoms with E-state index in [2.05, 4.69) is 5.32 Å². The lowest BCUT2D eigenvalue weighted by Crippen LogP contribution is -2.01. The fourth-order valence-electron chi connectivity index (χ4n) is 1.64. The first-order valence-corrected chi connectivity index (χ1v) is 5.89. The maximum absolute atomic E-state index is 10.5. The Morgan fingerprint density at radius 2 is 2.11 bits per heavy atom. The Hall–Kier alpha value is -2.50. The third kappa shape index (κ3) is 3.25. The maximum Gasteiger partial charge on any atom is 0.433 e. The molecule has 2 rings (SSSR count). The molecule has 0 atom stereocenters. The molecule has 0 aliphatic rings. The van der Waals surface area contributed by atoms with Gasteiger partial charge in [0.25, 0.3) is 0 Å². The van der Waals surface area contributed by atoms with Crippen molar-refractivity contribution in [3.05, 3.63) is 52.3 Å². The lowest BCUT2D eigenvalue weighted by atomic mass is 10.3. The molecule has 19 heavy (non-hydrogen) atoms. The van der Waals surface area contributed by atoms with Gasteiger partial charge in [0.15, 0.2) is 0 Å². The van der Waals surface area contributed by atoms with Crippen molar-refractivity contribution in [2.24, 2.45) is 0 Å². The van der Waals surface area contributed by atoms with Crippen LogP contribution in [-0.4, -0.2) is 11.5 Å². The van der Waals surface area contributed by atoms with Crippen LogP contribution in [0.15, 0.2) is 40.8 Å². The Kier molecular flexibility index (Phi) is 4.02. The van der Waals surface area contributed by atoms with Gasteiger partial charge in [-0.1, -0.05) is 12.1 Å². The van der Waals surface area contributed by atoms with Gasteiger partial charge in [0.1, 0.15) is 16.4 Å². The minimum absolute atomic E-state index is 0.255. The normalized spacial score (nSPS) is 10.2. The van der Waals surface area contributed by atoms with Crippen LogP contribution < -0.4 is 10.1 Å². The molecule has 0 amide bonds. The van der Waals surface area contributed by atoms with Gasteiger partial charge < -0.3 is 14.5 Å². The summed E-state index contributed by atoms with van der Waals surface area (Å²) in [6.07, 6.45) is 0. The van der Waals surface area contributed by atoms with E-state index >= 15 is 0 Å². The minimum atomic E-state index is -0.558. The number of para-hydroxylation sites is 2. The number of ether oxygens (including phenoxy) is 1. The zero-order valence-electron chi connectivity index (χ0n) is 10.5. The van der Waals surface area contributed by atoms with E-state index in [1.165, 1.54) is 6.07 Å². The van der Waals surface area contributed by atoms with E-state index in [1.807, 2.05) is 31.2 Å². The highest BCUT2D eigenvalue weighted by molar-refractivity contribution is 5.56. The Bertz CT molecular complexity index is 565. The van der Waals surface area contributed by atoms with Gasteiger partial charge in [0.05, 0.1) is 24.9 Å². The Morgan fingerprint density at radius 3 is 2.79 bits per heavy atom. The number of hydrogen-bond donors (Lipinski definition) is 1. The Balaban J connectivity index is 2.03. The zero-order valence-corrected chi connectivity index (χ0v) is 10.5. The maximum atomic E-state index is 10.5. The van der Waals surface area contributed by atoms with Crippen LogP contribution in [0.25, 0.3) is 0 Å². The van der Waals surface area contributed by atoms with Crippen LogP contribution in [-0.2, 0) is 6.54 Å². The summed E-state index contributed by atoms with van der Waals surface area (Å²) in [5.74, 6) is 0.985. The second-order valence-corrected chi connectivity index (χ2v) is 3.78. The summed E-state index contributed by atoms with van der Waals surface area (Å²) >= 11 is 0. The van der Waals surface area contributed by atoms with E-state index in [9.17, 15) is 10.1 Å². The van der Waals surface area contributed by atoms with E-state index in [4.69, 9.17) is 9.15 Å². The van der Waals surface area contributed by atoms with E-state index in [-0.39, 0.29) is 5.88 Å². The molecule has 6 heteroatoms. The fourth-order valence-corrected chi connectivity index (χ4v) is 1.64. The molecule has 0 unspecified atom stereocenters. The van der Waals surface area contributed by atoms with E-state index in [0.717, 1.165) is 11.4 Å². The van der Waals surface area contributed by atoms with Gasteiger partial charge in [0.2, 0.25) is 0 Å². The summed E-state index contributed by atoms with van der Waals surface area (Å²) in [5, 5.41) is 13.6. The largest absolute Gasteiger partial charge is 0.492 e. The van der Waals surface area contributed by atoms with Crippen molar-refractivity contribution in [3.63, 3.8) is 0 Å². The Morgan fingerprint density at radius 1 is 1.32 bits per heavy atom. The molecular weight excluding hydrogens is 248 g/mol. The highest BCUT2D eigenvalue weighted by atomic mass is 16.6. The van der Waals surface area contributed by atoms with E-state index in [0.29, 0.717) is 18.9 Å². The molecular formula is C13H14N2O4. The van der Waals surface area contributed by atoms with Crippen LogP contribution in [0, 0.1) is 10.1 Å². The minimum Gasteiger partial charge on any atom is -0.492 e. The lowest BCUT2D eigenvalue weighted by molar-refractivity contribution is -0.402. The fraction of sp³-hybridized carbons (Fsp3) is 0.231. The molecule has 0 spiro atoms. The van der Waals surface area contributed by atoms with Gasteiger partial charge in [-0.25, -0.2) is 0 Å². The zero-order chi connectivity index (χ0) is 13.7. The molecule has 0 fully saturated rings. The number of anilines is 1. The monoisotopic (exact) mass is 262 g/mol. The summed E-state index contributed by atoms with van der Waals surface area (Å²) in [5.41, 5.74) is 0.823. The average Bonchev–Trinajstić information content (AvgIpc) is 2.87. The SMILES string of the molecule is CCOc1ccccc1NCc1ccc([N+](=O)[O-])o1. The van der Waals surface area contributed by atoms with Crippen molar-refractivity contribution >= 4 is 11.6 Å². The molecule has 100 valence electrons. The number of benzene rings is 1. The topological polar surface area (TPSA) is 77.5 Å². The van der Waals surface area contributed by atoms with Crippen molar-refractivity contribution in [1.29, 1.82) is 0 Å². The Labute approximate surface area is 110 Å². The number of rotatable bonds is 6. The van der Waals surface area contributed by atoms with Gasteiger partial charge >= 0.3 is 5.88 Å². The quantitative estimate of drug-likeness (QED) is 0.639. The van der Waals surface area contributed by atoms with Crippen LogP contribution in [0.5, 0.6) is 5.75 Å². The summed E-state index contributed by atoms with van der Waals surface area (Å²) in [6.45, 7) is 2.84. The molecule has 0 aliphatic carbocycles. The molecule has 0 radical (unpaired) electrons. The highest BCUT2D eigenvalue weighted by Gasteiger charge is 2.11. The number of hydrogen-bond acceptors (Lipinski definition) is 5. The summed E-state index contributed by atoms with van der Waals surface area (Å²) in [7, 11) is 0. The molecule has 0 aliphatic heterocycles. The first-order valence-electron chi connectivity index (χ1n) is 5.89. The first kappa shape index (κ1) is 12.9. The molecule has 1 aromatic carbocycles. The molecule has 1 aromatic heterocycles. The van der Waals surface area contributed by atoms with Crippen molar-refractivity contribution in [2.45, 2.75) is 13.5 Å². The molecule has 1 heterocycles. The van der Waals surface area contributed by atoms with Gasteiger partial charge in [-0.3, -0.25) is 10.1 Å². The van der Waals surface area contributed by atoms with Crippen molar-refractivity contribution in [3.8, 4) is 5.75 Å². The summed E-state index contributed by atoms with van der Waals surface area (Å²) < 4.78 is 10.5. The highest BCUT2D eigenvalue weighted by Crippen LogP contribution is 2.25. The molecule has 0 saturated heterocycles. The van der Waals surface area contributed by atoms with Gasteiger partial charge in [-0.15, -0.1) is 0 Å². The van der Waals surface area contributed by atoms with Crippen LogP contribution in [0.3, 0.4) is 0 Å². The summed E-state index contributed by atoms with van der Waals surface area (Å²) in [4.78, 5) is 9.94. The third-order valence-electron chi connectivity index (χ3n) is 2.47. The molecule has 0 bridgehead atoms. The van der Waals surface area contributed by atoms with Crippen LogP contribution >= 0.6 is 0 Å². The third-order valence-corrected chi connectivity index (χ3v) is 2.47. The molecule has 6 nitrogen and oxygen atoms in total. The second kappa shape index (κ2) is 5.90. The van der Waals surface area contributed by atoms with Crippen LogP contribution in [0.2, 0.25) is 0 Å².